The van der Waals surface area contributed by atoms with Crippen molar-refractivity contribution in [3.63, 3.8) is 0 Å². The Balaban J connectivity index is 1.59. The van der Waals surface area contributed by atoms with Gasteiger partial charge in [0.05, 0.1) is 16.8 Å². The maximum absolute atomic E-state index is 12.1. The van der Waals surface area contributed by atoms with Gasteiger partial charge in [-0.25, -0.2) is 0 Å². The van der Waals surface area contributed by atoms with E-state index in [1.807, 2.05) is 47.4 Å². The Morgan fingerprint density at radius 1 is 1.27 bits per heavy atom. The first-order chi connectivity index (χ1) is 10.7. The summed E-state index contributed by atoms with van der Waals surface area (Å²) in [5.41, 5.74) is 3.00. The van der Waals surface area contributed by atoms with Crippen LogP contribution in [0.4, 0.5) is 5.69 Å². The lowest BCUT2D eigenvalue weighted by Crippen LogP contribution is -2.10. The number of benzene rings is 1. The molecule has 1 amide bonds. The van der Waals surface area contributed by atoms with Gasteiger partial charge in [0, 0.05) is 12.7 Å². The molecule has 0 bridgehead atoms. The highest BCUT2D eigenvalue weighted by molar-refractivity contribution is 7.12. The Hall–Kier alpha value is -2.40. The largest absolute Gasteiger partial charge is 0.319 e. The van der Waals surface area contributed by atoms with Crippen LogP contribution in [-0.2, 0) is 13.0 Å². The van der Waals surface area contributed by atoms with Crippen LogP contribution in [-0.4, -0.2) is 15.7 Å². The number of hydrogen-bond donors (Lipinski definition) is 1. The summed E-state index contributed by atoms with van der Waals surface area (Å²) in [6.45, 7) is 2.73. The molecule has 0 aliphatic carbocycles. The number of aromatic nitrogens is 2. The Kier molecular flexibility index (Phi) is 4.34. The summed E-state index contributed by atoms with van der Waals surface area (Å²) in [4.78, 5) is 12.9. The first-order valence-corrected chi connectivity index (χ1v) is 8.02. The van der Waals surface area contributed by atoms with Crippen LogP contribution in [0.1, 0.15) is 20.8 Å². The Labute approximate surface area is 133 Å². The normalized spacial score (nSPS) is 10.6. The molecule has 3 aromatic rings. The highest BCUT2D eigenvalue weighted by Crippen LogP contribution is 2.17. The van der Waals surface area contributed by atoms with Crippen molar-refractivity contribution >= 4 is 22.9 Å². The molecular formula is C17H17N3OS. The van der Waals surface area contributed by atoms with Gasteiger partial charge in [-0.1, -0.05) is 30.3 Å². The molecule has 4 nitrogen and oxygen atoms in total. The minimum atomic E-state index is -0.0740. The van der Waals surface area contributed by atoms with E-state index >= 15 is 0 Å². The van der Waals surface area contributed by atoms with Gasteiger partial charge in [-0.2, -0.15) is 5.10 Å². The number of thiophene rings is 1. The molecule has 0 saturated heterocycles. The summed E-state index contributed by atoms with van der Waals surface area (Å²) >= 11 is 1.45. The molecule has 1 aromatic carbocycles. The van der Waals surface area contributed by atoms with E-state index in [1.54, 1.807) is 6.20 Å². The molecule has 3 rings (SSSR count). The molecule has 5 heteroatoms. The highest BCUT2D eigenvalue weighted by Gasteiger charge is 2.11. The smallest absolute Gasteiger partial charge is 0.266 e. The lowest BCUT2D eigenvalue weighted by atomic mass is 10.1. The number of rotatable bonds is 5. The molecule has 0 unspecified atom stereocenters. The average Bonchev–Trinajstić information content (AvgIpc) is 3.15. The number of anilines is 1. The fraction of sp³-hybridized carbons (Fsp3) is 0.176. The van der Waals surface area contributed by atoms with Gasteiger partial charge in [-0.3, -0.25) is 9.48 Å². The number of carbonyl (C=O) groups is 1. The van der Waals surface area contributed by atoms with Crippen LogP contribution in [0.15, 0.2) is 54.2 Å². The number of amides is 1. The Bertz CT molecular complexity index is 761. The standard InChI is InChI=1S/C17H17N3OS/c1-13-8-10-22-16(13)17(21)19-15-11-18-20(12-15)9-7-14-5-3-2-4-6-14/h2-6,8,10-12H,7,9H2,1H3,(H,19,21). The van der Waals surface area contributed by atoms with Crippen LogP contribution in [0.2, 0.25) is 0 Å². The van der Waals surface area contributed by atoms with E-state index in [9.17, 15) is 4.79 Å². The molecule has 0 atom stereocenters. The summed E-state index contributed by atoms with van der Waals surface area (Å²) in [5.74, 6) is -0.0740. The maximum Gasteiger partial charge on any atom is 0.266 e. The van der Waals surface area contributed by atoms with Crippen molar-refractivity contribution in [2.24, 2.45) is 0 Å². The van der Waals surface area contributed by atoms with Crippen molar-refractivity contribution in [1.29, 1.82) is 0 Å². The summed E-state index contributed by atoms with van der Waals surface area (Å²) in [6, 6.07) is 12.2. The third-order valence-electron chi connectivity index (χ3n) is 3.43. The zero-order valence-corrected chi connectivity index (χ0v) is 13.1. The first-order valence-electron chi connectivity index (χ1n) is 7.14. The van der Waals surface area contributed by atoms with Crippen molar-refractivity contribution in [1.82, 2.24) is 9.78 Å². The molecule has 0 aliphatic rings. The fourth-order valence-corrected chi connectivity index (χ4v) is 3.05. The van der Waals surface area contributed by atoms with Crippen molar-refractivity contribution < 1.29 is 4.79 Å². The van der Waals surface area contributed by atoms with Crippen molar-refractivity contribution in [3.8, 4) is 0 Å². The number of nitrogens with one attached hydrogen (secondary N) is 1. The fourth-order valence-electron chi connectivity index (χ4n) is 2.23. The van der Waals surface area contributed by atoms with Gasteiger partial charge in [-0.15, -0.1) is 11.3 Å². The van der Waals surface area contributed by atoms with Gasteiger partial charge in [0.15, 0.2) is 0 Å². The van der Waals surface area contributed by atoms with Gasteiger partial charge in [-0.05, 0) is 35.9 Å². The van der Waals surface area contributed by atoms with E-state index in [2.05, 4.69) is 22.5 Å². The lowest BCUT2D eigenvalue weighted by molar-refractivity contribution is 0.103. The number of hydrogen-bond acceptors (Lipinski definition) is 3. The van der Waals surface area contributed by atoms with Crippen LogP contribution in [0.5, 0.6) is 0 Å². The van der Waals surface area contributed by atoms with E-state index in [1.165, 1.54) is 16.9 Å². The minimum Gasteiger partial charge on any atom is -0.319 e. The lowest BCUT2D eigenvalue weighted by Gasteiger charge is -2.02. The number of carbonyl (C=O) groups excluding carboxylic acids is 1. The first kappa shape index (κ1) is 14.5. The topological polar surface area (TPSA) is 46.9 Å². The Morgan fingerprint density at radius 3 is 2.82 bits per heavy atom. The summed E-state index contributed by atoms with van der Waals surface area (Å²) in [5, 5.41) is 9.11. The molecule has 0 spiro atoms. The summed E-state index contributed by atoms with van der Waals surface area (Å²) in [6.07, 6.45) is 4.47. The van der Waals surface area contributed by atoms with Crippen LogP contribution >= 0.6 is 11.3 Å². The van der Waals surface area contributed by atoms with Crippen LogP contribution < -0.4 is 5.32 Å². The van der Waals surface area contributed by atoms with E-state index in [0.717, 1.165) is 29.1 Å². The predicted molar refractivity (Wildman–Crippen MR) is 89.4 cm³/mol. The molecule has 0 saturated carbocycles. The monoisotopic (exact) mass is 311 g/mol. The SMILES string of the molecule is Cc1ccsc1C(=O)Nc1cnn(CCc2ccccc2)c1. The second-order valence-corrected chi connectivity index (χ2v) is 6.03. The molecule has 1 N–H and O–H groups in total. The molecular weight excluding hydrogens is 294 g/mol. The van der Waals surface area contributed by atoms with Crippen molar-refractivity contribution in [2.75, 3.05) is 5.32 Å². The minimum absolute atomic E-state index is 0.0740. The molecule has 112 valence electrons. The van der Waals surface area contributed by atoms with Gasteiger partial charge in [0.1, 0.15) is 0 Å². The van der Waals surface area contributed by atoms with Crippen LogP contribution in [0, 0.1) is 6.92 Å². The van der Waals surface area contributed by atoms with Crippen LogP contribution in [0.25, 0.3) is 0 Å². The number of aryl methyl sites for hydroxylation is 3. The maximum atomic E-state index is 12.1. The second kappa shape index (κ2) is 6.58. The third-order valence-corrected chi connectivity index (χ3v) is 4.45. The zero-order chi connectivity index (χ0) is 15.4. The molecule has 22 heavy (non-hydrogen) atoms. The molecule has 0 aliphatic heterocycles. The predicted octanol–water partition coefficient (Wildman–Crippen LogP) is 3.75. The third kappa shape index (κ3) is 3.43. The van der Waals surface area contributed by atoms with E-state index < -0.39 is 0 Å². The van der Waals surface area contributed by atoms with Crippen molar-refractivity contribution in [3.05, 3.63) is 70.2 Å². The molecule has 2 heterocycles. The van der Waals surface area contributed by atoms with Crippen molar-refractivity contribution in [2.45, 2.75) is 19.9 Å². The molecule has 2 aromatic heterocycles. The zero-order valence-electron chi connectivity index (χ0n) is 12.3. The van der Waals surface area contributed by atoms with E-state index in [0.29, 0.717) is 0 Å². The second-order valence-electron chi connectivity index (χ2n) is 5.11. The molecule has 0 fully saturated rings. The van der Waals surface area contributed by atoms with Crippen LogP contribution in [0.3, 0.4) is 0 Å². The summed E-state index contributed by atoms with van der Waals surface area (Å²) in [7, 11) is 0. The van der Waals surface area contributed by atoms with E-state index in [-0.39, 0.29) is 5.91 Å². The van der Waals surface area contributed by atoms with Gasteiger partial charge < -0.3 is 5.32 Å². The summed E-state index contributed by atoms with van der Waals surface area (Å²) < 4.78 is 1.85. The van der Waals surface area contributed by atoms with Gasteiger partial charge in [0.2, 0.25) is 0 Å². The average molecular weight is 311 g/mol. The molecule has 0 radical (unpaired) electrons. The van der Waals surface area contributed by atoms with E-state index in [4.69, 9.17) is 0 Å². The Morgan fingerprint density at radius 2 is 2.09 bits per heavy atom. The quantitative estimate of drug-likeness (QED) is 0.780. The van der Waals surface area contributed by atoms with Gasteiger partial charge in [0.25, 0.3) is 5.91 Å². The van der Waals surface area contributed by atoms with Gasteiger partial charge >= 0.3 is 0 Å². The number of nitrogens with zero attached hydrogens (tertiary/aromatic N) is 2. The highest BCUT2D eigenvalue weighted by atomic mass is 32.1.